The predicted octanol–water partition coefficient (Wildman–Crippen LogP) is 3.67. The predicted molar refractivity (Wildman–Crippen MR) is 87.2 cm³/mol. The molecule has 0 fully saturated rings. The zero-order valence-electron chi connectivity index (χ0n) is 14.1. The van der Waals surface area contributed by atoms with Crippen molar-refractivity contribution in [3.63, 3.8) is 0 Å². The van der Waals surface area contributed by atoms with Gasteiger partial charge in [0, 0.05) is 19.6 Å². The van der Waals surface area contributed by atoms with Gasteiger partial charge in [0.05, 0.1) is 6.61 Å². The van der Waals surface area contributed by atoms with E-state index in [0.29, 0.717) is 18.9 Å². The number of hydrogen-bond donors (Lipinski definition) is 1. The molecular weight excluding hydrogens is 266 g/mol. The fourth-order valence-corrected chi connectivity index (χ4v) is 1.96. The van der Waals surface area contributed by atoms with Crippen molar-refractivity contribution < 1.29 is 14.3 Å². The highest BCUT2D eigenvalue weighted by Crippen LogP contribution is 2.05. The van der Waals surface area contributed by atoms with Crippen LogP contribution in [0.15, 0.2) is 0 Å². The molecule has 4 nitrogen and oxygen atoms in total. The van der Waals surface area contributed by atoms with Crippen molar-refractivity contribution in [3.05, 3.63) is 0 Å². The molecule has 0 amide bonds. The normalized spacial score (nSPS) is 11.0. The Morgan fingerprint density at radius 3 is 2.10 bits per heavy atom. The monoisotopic (exact) mass is 301 g/mol. The first kappa shape index (κ1) is 20.4. The second kappa shape index (κ2) is 15.8. The molecule has 0 bridgehead atoms. The van der Waals surface area contributed by atoms with Gasteiger partial charge in [0.1, 0.15) is 0 Å². The standard InChI is InChI=1S/C17H35NO3/c1-16(2)15-21-17(19)11-7-6-10-14-20-13-9-5-3-4-8-12-18/h16H,3-15,18H2,1-2H3. The number of carbonyl (C=O) groups is 1. The molecule has 0 aliphatic heterocycles. The molecule has 0 aromatic rings. The summed E-state index contributed by atoms with van der Waals surface area (Å²) in [5.41, 5.74) is 5.44. The van der Waals surface area contributed by atoms with Crippen LogP contribution in [-0.2, 0) is 14.3 Å². The highest BCUT2D eigenvalue weighted by atomic mass is 16.5. The molecule has 0 heterocycles. The summed E-state index contributed by atoms with van der Waals surface area (Å²) in [6, 6.07) is 0. The van der Waals surface area contributed by atoms with Gasteiger partial charge in [-0.05, 0) is 38.1 Å². The van der Waals surface area contributed by atoms with Crippen molar-refractivity contribution in [2.45, 2.75) is 71.6 Å². The molecule has 0 aliphatic carbocycles. The summed E-state index contributed by atoms with van der Waals surface area (Å²) in [5.74, 6) is 0.347. The quantitative estimate of drug-likeness (QED) is 0.370. The van der Waals surface area contributed by atoms with Gasteiger partial charge in [0.25, 0.3) is 0 Å². The Hall–Kier alpha value is -0.610. The molecule has 0 atom stereocenters. The molecule has 0 saturated heterocycles. The number of rotatable bonds is 15. The minimum Gasteiger partial charge on any atom is -0.465 e. The molecule has 2 N–H and O–H groups in total. The SMILES string of the molecule is CC(C)COC(=O)CCCCCOCCCCCCCN. The molecule has 0 radical (unpaired) electrons. The summed E-state index contributed by atoms with van der Waals surface area (Å²) >= 11 is 0. The van der Waals surface area contributed by atoms with Crippen LogP contribution in [-0.4, -0.2) is 32.3 Å². The summed E-state index contributed by atoms with van der Waals surface area (Å²) in [7, 11) is 0. The van der Waals surface area contributed by atoms with E-state index < -0.39 is 0 Å². The van der Waals surface area contributed by atoms with Crippen LogP contribution in [0.1, 0.15) is 71.6 Å². The van der Waals surface area contributed by atoms with Gasteiger partial charge >= 0.3 is 5.97 Å². The lowest BCUT2D eigenvalue weighted by Gasteiger charge is -2.07. The van der Waals surface area contributed by atoms with Crippen LogP contribution in [0.25, 0.3) is 0 Å². The smallest absolute Gasteiger partial charge is 0.305 e. The van der Waals surface area contributed by atoms with Gasteiger partial charge in [0.15, 0.2) is 0 Å². The van der Waals surface area contributed by atoms with Crippen LogP contribution in [0.4, 0.5) is 0 Å². The van der Waals surface area contributed by atoms with E-state index in [9.17, 15) is 4.79 Å². The molecule has 0 rings (SSSR count). The first-order valence-electron chi connectivity index (χ1n) is 8.60. The van der Waals surface area contributed by atoms with E-state index in [-0.39, 0.29) is 5.97 Å². The summed E-state index contributed by atoms with van der Waals surface area (Å²) in [5, 5.41) is 0. The Morgan fingerprint density at radius 2 is 1.48 bits per heavy atom. The first-order chi connectivity index (χ1) is 10.2. The van der Waals surface area contributed by atoms with Gasteiger partial charge in [-0.2, -0.15) is 0 Å². The topological polar surface area (TPSA) is 61.5 Å². The lowest BCUT2D eigenvalue weighted by atomic mass is 10.1. The van der Waals surface area contributed by atoms with Crippen molar-refractivity contribution >= 4 is 5.97 Å². The van der Waals surface area contributed by atoms with E-state index in [2.05, 4.69) is 0 Å². The van der Waals surface area contributed by atoms with Crippen molar-refractivity contribution in [2.24, 2.45) is 11.7 Å². The fourth-order valence-electron chi connectivity index (χ4n) is 1.96. The van der Waals surface area contributed by atoms with Crippen LogP contribution in [0.5, 0.6) is 0 Å². The molecule has 0 unspecified atom stereocenters. The fraction of sp³-hybridized carbons (Fsp3) is 0.941. The van der Waals surface area contributed by atoms with Crippen molar-refractivity contribution in [1.29, 1.82) is 0 Å². The van der Waals surface area contributed by atoms with Crippen LogP contribution in [0.2, 0.25) is 0 Å². The van der Waals surface area contributed by atoms with Gasteiger partial charge in [-0.3, -0.25) is 4.79 Å². The van der Waals surface area contributed by atoms with E-state index in [1.165, 1.54) is 19.3 Å². The number of nitrogens with two attached hydrogens (primary N) is 1. The molecule has 0 saturated carbocycles. The molecule has 0 aromatic carbocycles. The molecule has 0 aromatic heterocycles. The van der Waals surface area contributed by atoms with Crippen molar-refractivity contribution in [3.8, 4) is 0 Å². The Kier molecular flexibility index (Phi) is 15.3. The minimum absolute atomic E-state index is 0.0675. The number of hydrogen-bond acceptors (Lipinski definition) is 4. The van der Waals surface area contributed by atoms with E-state index in [1.807, 2.05) is 13.8 Å². The van der Waals surface area contributed by atoms with Gasteiger partial charge in [-0.15, -0.1) is 0 Å². The highest BCUT2D eigenvalue weighted by molar-refractivity contribution is 5.69. The van der Waals surface area contributed by atoms with E-state index in [0.717, 1.165) is 51.9 Å². The van der Waals surface area contributed by atoms with E-state index >= 15 is 0 Å². The van der Waals surface area contributed by atoms with Crippen molar-refractivity contribution in [1.82, 2.24) is 0 Å². The Balaban J connectivity index is 3.10. The average Bonchev–Trinajstić information content (AvgIpc) is 2.46. The highest BCUT2D eigenvalue weighted by Gasteiger charge is 2.03. The second-order valence-electron chi connectivity index (χ2n) is 6.06. The van der Waals surface area contributed by atoms with E-state index in [1.54, 1.807) is 0 Å². The van der Waals surface area contributed by atoms with Gasteiger partial charge in [-0.25, -0.2) is 0 Å². The van der Waals surface area contributed by atoms with Gasteiger partial charge in [-0.1, -0.05) is 39.5 Å². The molecular formula is C17H35NO3. The molecule has 21 heavy (non-hydrogen) atoms. The largest absolute Gasteiger partial charge is 0.465 e. The van der Waals surface area contributed by atoms with E-state index in [4.69, 9.17) is 15.2 Å². The summed E-state index contributed by atoms with van der Waals surface area (Å²) in [6.45, 7) is 7.10. The van der Waals surface area contributed by atoms with Gasteiger partial charge in [0.2, 0.25) is 0 Å². The number of unbranched alkanes of at least 4 members (excludes halogenated alkanes) is 6. The lowest BCUT2D eigenvalue weighted by Crippen LogP contribution is -2.09. The van der Waals surface area contributed by atoms with Crippen LogP contribution in [0, 0.1) is 5.92 Å². The molecule has 126 valence electrons. The number of esters is 1. The Labute approximate surface area is 130 Å². The minimum atomic E-state index is -0.0675. The molecule has 4 heteroatoms. The maximum Gasteiger partial charge on any atom is 0.305 e. The number of carbonyl (C=O) groups excluding carboxylic acids is 1. The zero-order valence-corrected chi connectivity index (χ0v) is 14.1. The maximum atomic E-state index is 11.4. The van der Waals surface area contributed by atoms with Crippen LogP contribution in [0.3, 0.4) is 0 Å². The third-order valence-corrected chi connectivity index (χ3v) is 3.24. The third kappa shape index (κ3) is 17.3. The molecule has 0 spiro atoms. The lowest BCUT2D eigenvalue weighted by molar-refractivity contribution is -0.144. The summed E-state index contributed by atoms with van der Waals surface area (Å²) in [6.07, 6.45) is 9.53. The zero-order chi connectivity index (χ0) is 15.8. The average molecular weight is 301 g/mol. The summed E-state index contributed by atoms with van der Waals surface area (Å²) in [4.78, 5) is 11.4. The maximum absolute atomic E-state index is 11.4. The first-order valence-corrected chi connectivity index (χ1v) is 8.60. The Morgan fingerprint density at radius 1 is 0.905 bits per heavy atom. The third-order valence-electron chi connectivity index (χ3n) is 3.24. The summed E-state index contributed by atoms with van der Waals surface area (Å²) < 4.78 is 10.7. The van der Waals surface area contributed by atoms with Gasteiger partial charge < -0.3 is 15.2 Å². The molecule has 0 aliphatic rings. The van der Waals surface area contributed by atoms with Crippen LogP contribution < -0.4 is 5.73 Å². The van der Waals surface area contributed by atoms with Crippen molar-refractivity contribution in [2.75, 3.05) is 26.4 Å². The second-order valence-corrected chi connectivity index (χ2v) is 6.06. The number of ether oxygens (including phenoxy) is 2. The Bertz CT molecular complexity index is 232. The van der Waals surface area contributed by atoms with Crippen LogP contribution >= 0.6 is 0 Å².